The number of carbonyl (C=O) groups excluding carboxylic acids is 1. The maximum atomic E-state index is 12.4. The molecule has 2 aromatic carbocycles. The predicted octanol–water partition coefficient (Wildman–Crippen LogP) is 3.99. The summed E-state index contributed by atoms with van der Waals surface area (Å²) in [5, 5.41) is 8.88. The Balaban J connectivity index is 1.91. The van der Waals surface area contributed by atoms with Crippen LogP contribution in [-0.2, 0) is 17.9 Å². The van der Waals surface area contributed by atoms with Crippen LogP contribution in [0.5, 0.6) is 0 Å². The van der Waals surface area contributed by atoms with Crippen LogP contribution in [0, 0.1) is 0 Å². The summed E-state index contributed by atoms with van der Waals surface area (Å²) in [6.07, 6.45) is 2.21. The highest BCUT2D eigenvalue weighted by molar-refractivity contribution is 5.67. The third-order valence-electron chi connectivity index (χ3n) is 3.77. The van der Waals surface area contributed by atoms with Gasteiger partial charge in [0.15, 0.2) is 0 Å². The van der Waals surface area contributed by atoms with Crippen molar-refractivity contribution in [1.82, 2.24) is 4.90 Å². The summed E-state index contributed by atoms with van der Waals surface area (Å²) in [6, 6.07) is 19.6. The minimum absolute atomic E-state index is 0.192. The number of nitrogens with zero attached hydrogens (tertiary/aromatic N) is 1. The molecular weight excluding hydrogens is 302 g/mol. The Hall–Kier alpha value is -2.33. The highest BCUT2D eigenvalue weighted by Gasteiger charge is 2.15. The molecule has 0 aliphatic carbocycles. The molecule has 1 amide bonds. The third-order valence-corrected chi connectivity index (χ3v) is 3.77. The fourth-order valence-electron chi connectivity index (χ4n) is 2.44. The van der Waals surface area contributed by atoms with E-state index in [0.29, 0.717) is 13.1 Å². The maximum absolute atomic E-state index is 12.4. The minimum Gasteiger partial charge on any atom is -0.445 e. The van der Waals surface area contributed by atoms with Crippen LogP contribution in [0.4, 0.5) is 4.79 Å². The lowest BCUT2D eigenvalue weighted by molar-refractivity contribution is 0.0928. The fraction of sp³-hybridized carbons (Fsp3) is 0.350. The van der Waals surface area contributed by atoms with Crippen molar-refractivity contribution in [3.63, 3.8) is 0 Å². The number of hydrogen-bond acceptors (Lipinski definition) is 3. The van der Waals surface area contributed by atoms with E-state index in [2.05, 4.69) is 0 Å². The molecule has 0 saturated carbocycles. The Labute approximate surface area is 143 Å². The van der Waals surface area contributed by atoms with Gasteiger partial charge in [0.05, 0.1) is 0 Å². The summed E-state index contributed by atoms with van der Waals surface area (Å²) in [6.45, 7) is 1.63. The summed E-state index contributed by atoms with van der Waals surface area (Å²) >= 11 is 0. The second-order valence-electron chi connectivity index (χ2n) is 5.73. The second kappa shape index (κ2) is 10.4. The van der Waals surface area contributed by atoms with E-state index in [1.807, 2.05) is 60.7 Å². The average molecular weight is 327 g/mol. The number of amides is 1. The van der Waals surface area contributed by atoms with Gasteiger partial charge in [0, 0.05) is 19.7 Å². The fourth-order valence-corrected chi connectivity index (χ4v) is 2.44. The molecule has 0 aromatic heterocycles. The quantitative estimate of drug-likeness (QED) is 0.709. The van der Waals surface area contributed by atoms with Gasteiger partial charge in [-0.15, -0.1) is 0 Å². The van der Waals surface area contributed by atoms with Crippen LogP contribution in [0.15, 0.2) is 60.7 Å². The Morgan fingerprint density at radius 1 is 0.875 bits per heavy atom. The summed E-state index contributed by atoms with van der Waals surface area (Å²) in [4.78, 5) is 14.2. The van der Waals surface area contributed by atoms with Crippen LogP contribution >= 0.6 is 0 Å². The van der Waals surface area contributed by atoms with Gasteiger partial charge in [-0.3, -0.25) is 0 Å². The summed E-state index contributed by atoms with van der Waals surface area (Å²) in [7, 11) is 0. The van der Waals surface area contributed by atoms with Gasteiger partial charge >= 0.3 is 6.09 Å². The molecule has 0 aliphatic rings. The molecule has 0 fully saturated rings. The van der Waals surface area contributed by atoms with Crippen molar-refractivity contribution in [2.45, 2.75) is 32.4 Å². The third kappa shape index (κ3) is 6.42. The Kier molecular flexibility index (Phi) is 7.84. The van der Waals surface area contributed by atoms with E-state index in [-0.39, 0.29) is 19.3 Å². The summed E-state index contributed by atoms with van der Waals surface area (Å²) < 4.78 is 5.46. The lowest BCUT2D eigenvalue weighted by atomic mass is 10.2. The zero-order valence-corrected chi connectivity index (χ0v) is 13.9. The van der Waals surface area contributed by atoms with Gasteiger partial charge in [0.1, 0.15) is 6.61 Å². The van der Waals surface area contributed by atoms with Gasteiger partial charge in [-0.2, -0.15) is 0 Å². The molecule has 0 bridgehead atoms. The first kappa shape index (κ1) is 18.0. The highest BCUT2D eigenvalue weighted by atomic mass is 16.6. The van der Waals surface area contributed by atoms with Crippen molar-refractivity contribution < 1.29 is 14.6 Å². The van der Waals surface area contributed by atoms with E-state index < -0.39 is 0 Å². The molecular formula is C20H25NO3. The van der Waals surface area contributed by atoms with Gasteiger partial charge in [0.2, 0.25) is 0 Å². The van der Waals surface area contributed by atoms with E-state index in [1.165, 1.54) is 0 Å². The van der Waals surface area contributed by atoms with Crippen molar-refractivity contribution in [2.24, 2.45) is 0 Å². The molecule has 1 N–H and O–H groups in total. The van der Waals surface area contributed by atoms with Crippen LogP contribution < -0.4 is 0 Å². The van der Waals surface area contributed by atoms with E-state index >= 15 is 0 Å². The SMILES string of the molecule is O=C(OCc1ccccc1)N(CCCCCO)Cc1ccccc1. The average Bonchev–Trinajstić information content (AvgIpc) is 2.64. The molecule has 2 aromatic rings. The van der Waals surface area contributed by atoms with Gasteiger partial charge in [-0.05, 0) is 30.4 Å². The van der Waals surface area contributed by atoms with Crippen molar-refractivity contribution in [1.29, 1.82) is 0 Å². The largest absolute Gasteiger partial charge is 0.445 e. The Morgan fingerprint density at radius 2 is 1.50 bits per heavy atom. The van der Waals surface area contributed by atoms with Crippen LogP contribution in [0.1, 0.15) is 30.4 Å². The molecule has 2 rings (SSSR count). The first-order chi connectivity index (χ1) is 11.8. The minimum atomic E-state index is -0.299. The zero-order chi connectivity index (χ0) is 17.0. The van der Waals surface area contributed by atoms with Gasteiger partial charge in [0.25, 0.3) is 0 Å². The van der Waals surface area contributed by atoms with Crippen LogP contribution in [0.25, 0.3) is 0 Å². The molecule has 128 valence electrons. The van der Waals surface area contributed by atoms with Crippen molar-refractivity contribution in [3.05, 3.63) is 71.8 Å². The van der Waals surface area contributed by atoms with Gasteiger partial charge < -0.3 is 14.7 Å². The Morgan fingerprint density at radius 3 is 2.12 bits per heavy atom. The van der Waals surface area contributed by atoms with Crippen molar-refractivity contribution in [3.8, 4) is 0 Å². The molecule has 0 spiro atoms. The van der Waals surface area contributed by atoms with E-state index in [1.54, 1.807) is 4.90 Å². The highest BCUT2D eigenvalue weighted by Crippen LogP contribution is 2.10. The number of carbonyl (C=O) groups is 1. The number of aliphatic hydroxyl groups is 1. The summed E-state index contributed by atoms with van der Waals surface area (Å²) in [5.74, 6) is 0. The molecule has 0 heterocycles. The number of unbranched alkanes of at least 4 members (excludes halogenated alkanes) is 2. The van der Waals surface area contributed by atoms with Crippen LogP contribution in [0.2, 0.25) is 0 Å². The number of hydrogen-bond donors (Lipinski definition) is 1. The van der Waals surface area contributed by atoms with E-state index in [4.69, 9.17) is 9.84 Å². The molecule has 0 aliphatic heterocycles. The van der Waals surface area contributed by atoms with Gasteiger partial charge in [-0.1, -0.05) is 60.7 Å². The standard InChI is InChI=1S/C20H25NO3/c22-15-9-3-8-14-21(16-18-10-4-1-5-11-18)20(23)24-17-19-12-6-2-7-13-19/h1-2,4-7,10-13,22H,3,8-9,14-17H2. The molecule has 4 nitrogen and oxygen atoms in total. The monoisotopic (exact) mass is 327 g/mol. The smallest absolute Gasteiger partial charge is 0.410 e. The first-order valence-electron chi connectivity index (χ1n) is 8.40. The molecule has 0 unspecified atom stereocenters. The number of rotatable bonds is 9. The van der Waals surface area contributed by atoms with Crippen molar-refractivity contribution >= 4 is 6.09 Å². The van der Waals surface area contributed by atoms with Gasteiger partial charge in [-0.25, -0.2) is 4.79 Å². The normalized spacial score (nSPS) is 10.4. The second-order valence-corrected chi connectivity index (χ2v) is 5.73. The molecule has 4 heteroatoms. The first-order valence-corrected chi connectivity index (χ1v) is 8.40. The maximum Gasteiger partial charge on any atom is 0.410 e. The molecule has 0 radical (unpaired) electrons. The zero-order valence-electron chi connectivity index (χ0n) is 13.9. The number of benzene rings is 2. The lowest BCUT2D eigenvalue weighted by Crippen LogP contribution is -2.32. The van der Waals surface area contributed by atoms with E-state index in [0.717, 1.165) is 30.4 Å². The van der Waals surface area contributed by atoms with Crippen LogP contribution in [0.3, 0.4) is 0 Å². The Bertz CT molecular complexity index is 586. The molecule has 0 saturated heterocycles. The van der Waals surface area contributed by atoms with E-state index in [9.17, 15) is 4.79 Å². The lowest BCUT2D eigenvalue weighted by Gasteiger charge is -2.22. The summed E-state index contributed by atoms with van der Waals surface area (Å²) in [5.41, 5.74) is 2.06. The van der Waals surface area contributed by atoms with Crippen LogP contribution in [-0.4, -0.2) is 29.3 Å². The number of aliphatic hydroxyl groups excluding tert-OH is 1. The predicted molar refractivity (Wildman–Crippen MR) is 94.4 cm³/mol. The number of ether oxygens (including phenoxy) is 1. The molecule has 0 atom stereocenters. The van der Waals surface area contributed by atoms with Crippen molar-refractivity contribution in [2.75, 3.05) is 13.2 Å². The topological polar surface area (TPSA) is 49.8 Å². The molecule has 24 heavy (non-hydrogen) atoms.